The van der Waals surface area contributed by atoms with Crippen molar-refractivity contribution in [3.05, 3.63) is 47.3 Å². The molecule has 3 heterocycles. The molecule has 1 amide bonds. The molecule has 0 N–H and O–H groups in total. The lowest BCUT2D eigenvalue weighted by Crippen LogP contribution is -2.39. The van der Waals surface area contributed by atoms with Gasteiger partial charge in [-0.05, 0) is 29.7 Å². The molecule has 1 aromatic heterocycles. The summed E-state index contributed by atoms with van der Waals surface area (Å²) >= 11 is 1.84. The fraction of sp³-hybridized carbons (Fsp3) is 0.500. The molecular formula is C22H28N4O2S. The van der Waals surface area contributed by atoms with Gasteiger partial charge in [0.15, 0.2) is 0 Å². The van der Waals surface area contributed by atoms with Crippen LogP contribution in [0.1, 0.15) is 30.7 Å². The molecule has 1 aromatic carbocycles. The highest BCUT2D eigenvalue weighted by molar-refractivity contribution is 7.99. The monoisotopic (exact) mass is 412 g/mol. The van der Waals surface area contributed by atoms with E-state index >= 15 is 0 Å². The fourth-order valence-electron chi connectivity index (χ4n) is 3.67. The second-order valence-electron chi connectivity index (χ2n) is 7.79. The second-order valence-corrected chi connectivity index (χ2v) is 9.44. The van der Waals surface area contributed by atoms with Crippen LogP contribution in [0, 0.1) is 0 Å². The van der Waals surface area contributed by atoms with Crippen molar-refractivity contribution < 1.29 is 9.53 Å². The molecular weight excluding hydrogens is 384 g/mol. The van der Waals surface area contributed by atoms with E-state index in [1.54, 1.807) is 0 Å². The van der Waals surface area contributed by atoms with Crippen molar-refractivity contribution in [2.45, 2.75) is 43.4 Å². The minimum absolute atomic E-state index is 0.159. The number of aromatic nitrogens is 2. The Bertz CT molecular complexity index is 850. The molecule has 154 valence electrons. The highest BCUT2D eigenvalue weighted by Crippen LogP contribution is 2.24. The van der Waals surface area contributed by atoms with Gasteiger partial charge in [-0.3, -0.25) is 4.79 Å². The molecule has 0 radical (unpaired) electrons. The predicted octanol–water partition coefficient (Wildman–Crippen LogP) is 2.94. The van der Waals surface area contributed by atoms with Gasteiger partial charge in [0.1, 0.15) is 0 Å². The number of morpholine rings is 1. The standard InChI is InChI=1S/C22H28N4O2S/c1-16(2)29-19-5-3-17(4-6-19)13-21(27)26-8-7-18-14-23-22(24-20(18)15-26)25-9-11-28-12-10-25/h3-6,14,16H,7-13,15H2,1-2H3. The maximum Gasteiger partial charge on any atom is 0.227 e. The smallest absolute Gasteiger partial charge is 0.227 e. The molecule has 2 aliphatic heterocycles. The first-order valence-electron chi connectivity index (χ1n) is 10.3. The lowest BCUT2D eigenvalue weighted by Gasteiger charge is -2.31. The summed E-state index contributed by atoms with van der Waals surface area (Å²) in [5.74, 6) is 0.908. The quantitative estimate of drug-likeness (QED) is 0.704. The van der Waals surface area contributed by atoms with Crippen molar-refractivity contribution >= 4 is 23.6 Å². The average molecular weight is 413 g/mol. The van der Waals surface area contributed by atoms with Crippen LogP contribution in [0.2, 0.25) is 0 Å². The number of fused-ring (bicyclic) bond motifs is 1. The molecule has 0 spiro atoms. The van der Waals surface area contributed by atoms with Crippen LogP contribution in [-0.2, 0) is 28.9 Å². The zero-order valence-electron chi connectivity index (χ0n) is 17.1. The Morgan fingerprint density at radius 1 is 1.17 bits per heavy atom. The zero-order chi connectivity index (χ0) is 20.2. The van der Waals surface area contributed by atoms with Crippen LogP contribution in [-0.4, -0.2) is 58.9 Å². The number of anilines is 1. The number of hydrogen-bond donors (Lipinski definition) is 0. The summed E-state index contributed by atoms with van der Waals surface area (Å²) in [6.45, 7) is 8.70. The first-order valence-corrected chi connectivity index (χ1v) is 11.2. The molecule has 4 rings (SSSR count). The number of hydrogen-bond acceptors (Lipinski definition) is 6. The number of carbonyl (C=O) groups is 1. The lowest BCUT2D eigenvalue weighted by molar-refractivity contribution is -0.131. The Kier molecular flexibility index (Phi) is 6.35. The largest absolute Gasteiger partial charge is 0.378 e. The SMILES string of the molecule is CC(C)Sc1ccc(CC(=O)N2CCc3cnc(N4CCOCC4)nc3C2)cc1. The van der Waals surface area contributed by atoms with Gasteiger partial charge in [0.2, 0.25) is 11.9 Å². The Hall–Kier alpha value is -2.12. The minimum Gasteiger partial charge on any atom is -0.378 e. The maximum absolute atomic E-state index is 12.9. The third kappa shape index (κ3) is 5.08. The molecule has 0 unspecified atom stereocenters. The average Bonchev–Trinajstić information content (AvgIpc) is 2.74. The van der Waals surface area contributed by atoms with E-state index in [1.165, 1.54) is 4.90 Å². The number of amides is 1. The van der Waals surface area contributed by atoms with Gasteiger partial charge >= 0.3 is 0 Å². The van der Waals surface area contributed by atoms with Gasteiger partial charge in [-0.15, -0.1) is 11.8 Å². The predicted molar refractivity (Wildman–Crippen MR) is 115 cm³/mol. The molecule has 0 aliphatic carbocycles. The number of nitrogens with zero attached hydrogens (tertiary/aromatic N) is 4. The van der Waals surface area contributed by atoms with Crippen molar-refractivity contribution in [3.63, 3.8) is 0 Å². The first-order chi connectivity index (χ1) is 14.1. The highest BCUT2D eigenvalue weighted by atomic mass is 32.2. The van der Waals surface area contributed by atoms with Gasteiger partial charge in [0.25, 0.3) is 0 Å². The Labute approximate surface area is 176 Å². The highest BCUT2D eigenvalue weighted by Gasteiger charge is 2.24. The fourth-order valence-corrected chi connectivity index (χ4v) is 4.50. The molecule has 2 aromatic rings. The normalized spacial score (nSPS) is 16.8. The third-order valence-corrected chi connectivity index (χ3v) is 6.25. The van der Waals surface area contributed by atoms with Gasteiger partial charge in [-0.25, -0.2) is 9.97 Å². The number of ether oxygens (including phenoxy) is 1. The minimum atomic E-state index is 0.159. The van der Waals surface area contributed by atoms with Crippen LogP contribution in [0.5, 0.6) is 0 Å². The van der Waals surface area contributed by atoms with Gasteiger partial charge in [-0.2, -0.15) is 0 Å². The van der Waals surface area contributed by atoms with Crippen LogP contribution in [0.3, 0.4) is 0 Å². The van der Waals surface area contributed by atoms with Crippen LogP contribution in [0.25, 0.3) is 0 Å². The molecule has 6 nitrogen and oxygen atoms in total. The van der Waals surface area contributed by atoms with Crippen LogP contribution in [0.15, 0.2) is 35.4 Å². The van der Waals surface area contributed by atoms with E-state index in [0.717, 1.165) is 48.8 Å². The Balaban J connectivity index is 1.40. The number of benzene rings is 1. The van der Waals surface area contributed by atoms with E-state index in [0.29, 0.717) is 31.4 Å². The summed E-state index contributed by atoms with van der Waals surface area (Å²) in [6, 6.07) is 8.36. The summed E-state index contributed by atoms with van der Waals surface area (Å²) in [7, 11) is 0. The van der Waals surface area contributed by atoms with Crippen molar-refractivity contribution in [1.29, 1.82) is 0 Å². The second kappa shape index (κ2) is 9.13. The van der Waals surface area contributed by atoms with Crippen LogP contribution in [0.4, 0.5) is 5.95 Å². The van der Waals surface area contributed by atoms with E-state index < -0.39 is 0 Å². The van der Waals surface area contributed by atoms with Gasteiger partial charge in [-0.1, -0.05) is 26.0 Å². The Morgan fingerprint density at radius 2 is 1.93 bits per heavy atom. The maximum atomic E-state index is 12.9. The summed E-state index contributed by atoms with van der Waals surface area (Å²) in [5, 5.41) is 0.556. The first kappa shape index (κ1) is 20.2. The molecule has 0 bridgehead atoms. The van der Waals surface area contributed by atoms with Gasteiger partial charge < -0.3 is 14.5 Å². The summed E-state index contributed by atoms with van der Waals surface area (Å²) in [6.07, 6.45) is 3.18. The van der Waals surface area contributed by atoms with Crippen molar-refractivity contribution in [2.24, 2.45) is 0 Å². The van der Waals surface area contributed by atoms with E-state index in [1.807, 2.05) is 22.9 Å². The molecule has 0 atom stereocenters. The van der Waals surface area contributed by atoms with Gasteiger partial charge in [0.05, 0.1) is 31.9 Å². The van der Waals surface area contributed by atoms with Crippen molar-refractivity contribution in [2.75, 3.05) is 37.7 Å². The van der Waals surface area contributed by atoms with Crippen molar-refractivity contribution in [3.8, 4) is 0 Å². The Morgan fingerprint density at radius 3 is 2.66 bits per heavy atom. The van der Waals surface area contributed by atoms with E-state index in [9.17, 15) is 4.79 Å². The topological polar surface area (TPSA) is 58.6 Å². The van der Waals surface area contributed by atoms with E-state index in [2.05, 4.69) is 48.0 Å². The lowest BCUT2D eigenvalue weighted by atomic mass is 10.1. The number of rotatable bonds is 5. The molecule has 1 saturated heterocycles. The zero-order valence-corrected chi connectivity index (χ0v) is 18.0. The van der Waals surface area contributed by atoms with Crippen LogP contribution < -0.4 is 4.90 Å². The number of thioether (sulfide) groups is 1. The third-order valence-electron chi connectivity index (χ3n) is 5.23. The van der Waals surface area contributed by atoms with Gasteiger partial charge in [0, 0.05) is 36.0 Å². The molecule has 1 fully saturated rings. The summed E-state index contributed by atoms with van der Waals surface area (Å²) in [4.78, 5) is 27.5. The van der Waals surface area contributed by atoms with Crippen LogP contribution >= 0.6 is 11.8 Å². The molecule has 29 heavy (non-hydrogen) atoms. The summed E-state index contributed by atoms with van der Waals surface area (Å²) in [5.41, 5.74) is 3.19. The molecule has 7 heteroatoms. The van der Waals surface area contributed by atoms with Crippen molar-refractivity contribution in [1.82, 2.24) is 14.9 Å². The molecule has 2 aliphatic rings. The summed E-state index contributed by atoms with van der Waals surface area (Å²) < 4.78 is 5.41. The molecule has 0 saturated carbocycles. The van der Waals surface area contributed by atoms with E-state index in [-0.39, 0.29) is 5.91 Å². The number of carbonyl (C=O) groups excluding carboxylic acids is 1. The van der Waals surface area contributed by atoms with E-state index in [4.69, 9.17) is 9.72 Å².